The van der Waals surface area contributed by atoms with Crippen LogP contribution < -0.4 is 10.2 Å². The Morgan fingerprint density at radius 2 is 1.67 bits per heavy atom. The molecule has 7 nitrogen and oxygen atoms in total. The Bertz CT molecular complexity index is 875. The number of carboxylic acids is 1. The molecule has 0 saturated heterocycles. The largest absolute Gasteiger partial charge is 0.478 e. The smallest absolute Gasteiger partial charge is 0.337 e. The van der Waals surface area contributed by atoms with Gasteiger partial charge in [0.05, 0.1) is 22.5 Å². The molecule has 0 spiro atoms. The molecule has 0 bridgehead atoms. The van der Waals surface area contributed by atoms with Crippen molar-refractivity contribution in [1.82, 2.24) is 0 Å². The number of Topliss-reactive ketones (excluding diaryl/α,β-unsaturated/α-hetero) is 1. The molecule has 0 aliphatic carbocycles. The molecule has 1 aliphatic heterocycles. The molecule has 120 valence electrons. The third kappa shape index (κ3) is 2.63. The summed E-state index contributed by atoms with van der Waals surface area (Å²) >= 11 is 0. The number of rotatable bonds is 4. The van der Waals surface area contributed by atoms with Crippen LogP contribution >= 0.6 is 0 Å². The number of aromatic carboxylic acids is 1. The minimum atomic E-state index is -1.18. The van der Waals surface area contributed by atoms with Gasteiger partial charge in [-0.05, 0) is 24.3 Å². The molecule has 0 aromatic heterocycles. The molecule has 2 N–H and O–H groups in total. The highest BCUT2D eigenvalue weighted by Gasteiger charge is 2.36. The monoisotopic (exact) mass is 324 g/mol. The van der Waals surface area contributed by atoms with E-state index in [0.717, 1.165) is 4.90 Å². The Balaban J connectivity index is 1.80. The van der Waals surface area contributed by atoms with Crippen molar-refractivity contribution in [1.29, 1.82) is 0 Å². The highest BCUT2D eigenvalue weighted by molar-refractivity contribution is 6.52. The molecule has 0 unspecified atom stereocenters. The fraction of sp³-hybridized carbons (Fsp3) is 0.0588. The van der Waals surface area contributed by atoms with Gasteiger partial charge in [-0.15, -0.1) is 0 Å². The van der Waals surface area contributed by atoms with Gasteiger partial charge in [0.25, 0.3) is 11.7 Å². The van der Waals surface area contributed by atoms with E-state index in [4.69, 9.17) is 5.11 Å². The fourth-order valence-corrected chi connectivity index (χ4v) is 2.52. The van der Waals surface area contributed by atoms with Crippen LogP contribution in [-0.2, 0) is 9.59 Å². The number of hydrogen-bond donors (Lipinski definition) is 2. The Morgan fingerprint density at radius 3 is 2.42 bits per heavy atom. The quantitative estimate of drug-likeness (QED) is 0.831. The number of carboxylic acid groups (broad SMARTS) is 1. The number of hydrogen-bond acceptors (Lipinski definition) is 4. The van der Waals surface area contributed by atoms with Gasteiger partial charge < -0.3 is 10.4 Å². The zero-order chi connectivity index (χ0) is 17.3. The summed E-state index contributed by atoms with van der Waals surface area (Å²) in [4.78, 5) is 48.3. The first-order valence-electron chi connectivity index (χ1n) is 7.06. The standard InChI is InChI=1S/C17H12N2O5/c20-14(18-12-7-3-1-5-10(12)17(23)24)9-19-13-8-4-2-6-11(13)15(21)16(19)22/h1-8H,9H2,(H,18,20)(H,23,24). The van der Waals surface area contributed by atoms with Crippen molar-refractivity contribution in [2.75, 3.05) is 16.8 Å². The minimum absolute atomic E-state index is 0.0601. The van der Waals surface area contributed by atoms with E-state index in [2.05, 4.69) is 5.32 Å². The summed E-state index contributed by atoms with van der Waals surface area (Å²) in [5.41, 5.74) is 0.687. The van der Waals surface area contributed by atoms with Gasteiger partial charge in [-0.2, -0.15) is 0 Å². The van der Waals surface area contributed by atoms with Crippen molar-refractivity contribution in [2.24, 2.45) is 0 Å². The maximum atomic E-state index is 12.2. The maximum absolute atomic E-state index is 12.2. The van der Waals surface area contributed by atoms with Crippen LogP contribution in [-0.4, -0.2) is 35.2 Å². The lowest BCUT2D eigenvalue weighted by Crippen LogP contribution is -2.37. The van der Waals surface area contributed by atoms with Gasteiger partial charge in [-0.25, -0.2) is 4.79 Å². The Morgan fingerprint density at radius 1 is 1.00 bits per heavy atom. The zero-order valence-electron chi connectivity index (χ0n) is 12.4. The Hall–Kier alpha value is -3.48. The van der Waals surface area contributed by atoms with Crippen molar-refractivity contribution in [3.8, 4) is 0 Å². The zero-order valence-corrected chi connectivity index (χ0v) is 12.4. The Kier molecular flexibility index (Phi) is 3.83. The lowest BCUT2D eigenvalue weighted by Gasteiger charge is -2.16. The molecule has 2 aromatic carbocycles. The van der Waals surface area contributed by atoms with Crippen LogP contribution in [0.4, 0.5) is 11.4 Å². The number of benzene rings is 2. The fourth-order valence-electron chi connectivity index (χ4n) is 2.52. The number of amides is 2. The molecule has 0 saturated carbocycles. The highest BCUT2D eigenvalue weighted by atomic mass is 16.4. The number of nitrogens with one attached hydrogen (secondary N) is 1. The maximum Gasteiger partial charge on any atom is 0.337 e. The van der Waals surface area contributed by atoms with Crippen LogP contribution in [0.15, 0.2) is 48.5 Å². The molecular formula is C17H12N2O5. The molecule has 7 heteroatoms. The Labute approximate surface area is 136 Å². The molecule has 24 heavy (non-hydrogen) atoms. The number of anilines is 2. The van der Waals surface area contributed by atoms with Gasteiger partial charge in [-0.1, -0.05) is 24.3 Å². The number of fused-ring (bicyclic) bond motifs is 1. The third-order valence-electron chi connectivity index (χ3n) is 3.61. The SMILES string of the molecule is O=C(CN1C(=O)C(=O)c2ccccc21)Nc1ccccc1C(=O)O. The number of carbonyl (C=O) groups excluding carboxylic acids is 3. The topological polar surface area (TPSA) is 104 Å². The number of ketones is 1. The lowest BCUT2D eigenvalue weighted by atomic mass is 10.1. The summed E-state index contributed by atoms with van der Waals surface area (Å²) in [6, 6.07) is 12.3. The molecule has 1 heterocycles. The van der Waals surface area contributed by atoms with E-state index in [-0.39, 0.29) is 23.4 Å². The van der Waals surface area contributed by atoms with Gasteiger partial charge >= 0.3 is 5.97 Å². The molecule has 3 rings (SSSR count). The van der Waals surface area contributed by atoms with E-state index < -0.39 is 23.6 Å². The van der Waals surface area contributed by atoms with Crippen molar-refractivity contribution in [3.63, 3.8) is 0 Å². The van der Waals surface area contributed by atoms with E-state index in [1.54, 1.807) is 24.3 Å². The predicted octanol–water partition coefficient (Wildman–Crippen LogP) is 1.55. The first-order chi connectivity index (χ1) is 11.5. The van der Waals surface area contributed by atoms with Gasteiger partial charge in [-0.3, -0.25) is 19.3 Å². The van der Waals surface area contributed by atoms with Crippen LogP contribution in [0.25, 0.3) is 0 Å². The number of nitrogens with zero attached hydrogens (tertiary/aromatic N) is 1. The molecule has 0 atom stereocenters. The summed E-state index contributed by atoms with van der Waals surface area (Å²) in [7, 11) is 0. The number of para-hydroxylation sites is 2. The van der Waals surface area contributed by atoms with Gasteiger partial charge in [0.15, 0.2) is 0 Å². The summed E-state index contributed by atoms with van der Waals surface area (Å²) in [6.07, 6.45) is 0. The van der Waals surface area contributed by atoms with Crippen molar-refractivity contribution >= 4 is 34.9 Å². The van der Waals surface area contributed by atoms with Crippen LogP contribution in [0.2, 0.25) is 0 Å². The second kappa shape index (κ2) is 5.96. The molecular weight excluding hydrogens is 312 g/mol. The first kappa shape index (κ1) is 15.4. The van der Waals surface area contributed by atoms with E-state index in [1.165, 1.54) is 24.3 Å². The molecule has 0 radical (unpaired) electrons. The lowest BCUT2D eigenvalue weighted by molar-refractivity contribution is -0.118. The van der Waals surface area contributed by atoms with Gasteiger partial charge in [0.1, 0.15) is 6.54 Å². The van der Waals surface area contributed by atoms with Crippen molar-refractivity contribution in [3.05, 3.63) is 59.7 Å². The van der Waals surface area contributed by atoms with Crippen LogP contribution in [0.3, 0.4) is 0 Å². The molecule has 0 fully saturated rings. The molecule has 2 amide bonds. The van der Waals surface area contributed by atoms with Crippen molar-refractivity contribution in [2.45, 2.75) is 0 Å². The van der Waals surface area contributed by atoms with Crippen molar-refractivity contribution < 1.29 is 24.3 Å². The summed E-state index contributed by atoms with van der Waals surface area (Å²) < 4.78 is 0. The summed E-state index contributed by atoms with van der Waals surface area (Å²) in [6.45, 7) is -0.379. The third-order valence-corrected chi connectivity index (χ3v) is 3.61. The van der Waals surface area contributed by atoms with Gasteiger partial charge in [0, 0.05) is 0 Å². The summed E-state index contributed by atoms with van der Waals surface area (Å²) in [5, 5.41) is 11.6. The predicted molar refractivity (Wildman–Crippen MR) is 85.2 cm³/mol. The van der Waals surface area contributed by atoms with E-state index >= 15 is 0 Å². The second-order valence-corrected chi connectivity index (χ2v) is 5.14. The van der Waals surface area contributed by atoms with Crippen LogP contribution in [0, 0.1) is 0 Å². The van der Waals surface area contributed by atoms with Gasteiger partial charge in [0.2, 0.25) is 5.91 Å². The first-order valence-corrected chi connectivity index (χ1v) is 7.06. The molecule has 2 aromatic rings. The average molecular weight is 324 g/mol. The second-order valence-electron chi connectivity index (χ2n) is 5.14. The van der Waals surface area contributed by atoms with E-state index in [9.17, 15) is 19.2 Å². The van der Waals surface area contributed by atoms with E-state index in [1.807, 2.05) is 0 Å². The van der Waals surface area contributed by atoms with E-state index in [0.29, 0.717) is 5.69 Å². The average Bonchev–Trinajstić information content (AvgIpc) is 2.80. The van der Waals surface area contributed by atoms with Crippen LogP contribution in [0.5, 0.6) is 0 Å². The molecule has 1 aliphatic rings. The normalized spacial score (nSPS) is 12.9. The minimum Gasteiger partial charge on any atom is -0.478 e. The number of carbonyl (C=O) groups is 4. The highest BCUT2D eigenvalue weighted by Crippen LogP contribution is 2.28. The van der Waals surface area contributed by atoms with Crippen LogP contribution in [0.1, 0.15) is 20.7 Å². The summed E-state index contributed by atoms with van der Waals surface area (Å²) in [5.74, 6) is -3.22.